The molecule has 0 spiro atoms. The Balaban J connectivity index is 1.54. The maximum Gasteiger partial charge on any atom is 0.291 e. The highest BCUT2D eigenvalue weighted by Crippen LogP contribution is 2.31. The van der Waals surface area contributed by atoms with Crippen LogP contribution < -0.4 is 5.32 Å². The van der Waals surface area contributed by atoms with Gasteiger partial charge in [0.05, 0.1) is 6.26 Å². The van der Waals surface area contributed by atoms with Crippen molar-refractivity contribution in [2.45, 2.75) is 27.2 Å². The molecule has 146 valence electrons. The summed E-state index contributed by atoms with van der Waals surface area (Å²) in [5, 5.41) is 4.05. The molecule has 0 atom stereocenters. The smallest absolute Gasteiger partial charge is 0.291 e. The SMILES string of the molecule is CC(C)(C)CN1CC=C(c2c[nH]c3ccc(NC(=O)c4ccco4)cc23)CC1. The maximum atomic E-state index is 12.3. The van der Waals surface area contributed by atoms with Crippen LogP contribution in [-0.4, -0.2) is 35.4 Å². The molecule has 0 aliphatic carbocycles. The lowest BCUT2D eigenvalue weighted by atomic mass is 9.93. The highest BCUT2D eigenvalue weighted by Gasteiger charge is 2.20. The molecule has 5 nitrogen and oxygen atoms in total. The number of carbonyl (C=O) groups is 1. The minimum absolute atomic E-state index is 0.240. The Morgan fingerprint density at radius 3 is 2.82 bits per heavy atom. The standard InChI is InChI=1S/C23H27N3O2/c1-23(2,3)15-26-10-8-16(9-11-26)19-14-24-20-7-6-17(13-18(19)20)25-22(27)21-5-4-12-28-21/h4-8,12-14,24H,9-11,15H2,1-3H3,(H,25,27). The Labute approximate surface area is 165 Å². The van der Waals surface area contributed by atoms with Crippen LogP contribution in [0.4, 0.5) is 5.69 Å². The zero-order valence-electron chi connectivity index (χ0n) is 16.7. The van der Waals surface area contributed by atoms with Crippen molar-refractivity contribution in [3.05, 3.63) is 60.2 Å². The number of carbonyl (C=O) groups excluding carboxylic acids is 1. The number of nitrogens with one attached hydrogen (secondary N) is 2. The highest BCUT2D eigenvalue weighted by atomic mass is 16.3. The van der Waals surface area contributed by atoms with Crippen molar-refractivity contribution in [1.29, 1.82) is 0 Å². The lowest BCUT2D eigenvalue weighted by molar-refractivity contribution is 0.0996. The maximum absolute atomic E-state index is 12.3. The second-order valence-electron chi connectivity index (χ2n) is 8.67. The summed E-state index contributed by atoms with van der Waals surface area (Å²) in [7, 11) is 0. The minimum atomic E-state index is -0.240. The lowest BCUT2D eigenvalue weighted by Gasteiger charge is -2.32. The molecule has 3 aromatic rings. The fourth-order valence-electron chi connectivity index (χ4n) is 3.83. The number of amides is 1. The number of rotatable bonds is 4. The van der Waals surface area contributed by atoms with E-state index in [4.69, 9.17) is 4.42 Å². The Bertz CT molecular complexity index is 1010. The van der Waals surface area contributed by atoms with Gasteiger partial charge >= 0.3 is 0 Å². The first-order valence-corrected chi connectivity index (χ1v) is 9.77. The number of nitrogens with zero attached hydrogens (tertiary/aromatic N) is 1. The molecule has 0 radical (unpaired) electrons. The van der Waals surface area contributed by atoms with Gasteiger partial charge in [-0.2, -0.15) is 0 Å². The molecule has 0 unspecified atom stereocenters. The molecular weight excluding hydrogens is 350 g/mol. The molecule has 0 saturated heterocycles. The van der Waals surface area contributed by atoms with Crippen molar-refractivity contribution in [1.82, 2.24) is 9.88 Å². The third kappa shape index (κ3) is 4.04. The Morgan fingerprint density at radius 2 is 2.14 bits per heavy atom. The summed E-state index contributed by atoms with van der Waals surface area (Å²) >= 11 is 0. The molecule has 4 rings (SSSR count). The first-order chi connectivity index (χ1) is 13.4. The van der Waals surface area contributed by atoms with Crippen LogP contribution in [0.2, 0.25) is 0 Å². The van der Waals surface area contributed by atoms with Gasteiger partial charge in [-0.05, 0) is 47.7 Å². The molecule has 28 heavy (non-hydrogen) atoms. The zero-order chi connectivity index (χ0) is 19.7. The average molecular weight is 377 g/mol. The number of furan rings is 1. The molecule has 1 aromatic carbocycles. The summed E-state index contributed by atoms with van der Waals surface area (Å²) in [5.74, 6) is 0.0689. The lowest BCUT2D eigenvalue weighted by Crippen LogP contribution is -2.35. The normalized spacial score (nSPS) is 15.6. The van der Waals surface area contributed by atoms with Crippen molar-refractivity contribution >= 4 is 28.1 Å². The third-order valence-electron chi connectivity index (χ3n) is 5.02. The number of aromatic nitrogens is 1. The van der Waals surface area contributed by atoms with Gasteiger partial charge in [0.25, 0.3) is 5.91 Å². The van der Waals surface area contributed by atoms with E-state index in [-0.39, 0.29) is 5.91 Å². The van der Waals surface area contributed by atoms with Crippen LogP contribution in [-0.2, 0) is 0 Å². The Hall–Kier alpha value is -2.79. The van der Waals surface area contributed by atoms with Crippen LogP contribution in [0.5, 0.6) is 0 Å². The van der Waals surface area contributed by atoms with Crippen LogP contribution >= 0.6 is 0 Å². The predicted molar refractivity (Wildman–Crippen MR) is 113 cm³/mol. The quantitative estimate of drug-likeness (QED) is 0.661. The second kappa shape index (κ2) is 7.32. The van der Waals surface area contributed by atoms with Crippen molar-refractivity contribution in [2.24, 2.45) is 5.41 Å². The number of H-pyrrole nitrogens is 1. The molecular formula is C23H27N3O2. The number of anilines is 1. The molecule has 1 aliphatic heterocycles. The van der Waals surface area contributed by atoms with Crippen LogP contribution in [0.25, 0.3) is 16.5 Å². The molecule has 3 heterocycles. The summed E-state index contributed by atoms with van der Waals surface area (Å²) in [6.45, 7) is 10.0. The number of aromatic amines is 1. The van der Waals surface area contributed by atoms with E-state index in [1.54, 1.807) is 12.1 Å². The van der Waals surface area contributed by atoms with Gasteiger partial charge in [-0.25, -0.2) is 0 Å². The monoisotopic (exact) mass is 377 g/mol. The number of hydrogen-bond donors (Lipinski definition) is 2. The minimum Gasteiger partial charge on any atom is -0.459 e. The van der Waals surface area contributed by atoms with Gasteiger partial charge in [0.15, 0.2) is 5.76 Å². The average Bonchev–Trinajstić information content (AvgIpc) is 3.31. The molecule has 1 aliphatic rings. The fourth-order valence-corrected chi connectivity index (χ4v) is 3.83. The first kappa shape index (κ1) is 18.6. The Morgan fingerprint density at radius 1 is 1.29 bits per heavy atom. The summed E-state index contributed by atoms with van der Waals surface area (Å²) < 4.78 is 5.17. The van der Waals surface area contributed by atoms with E-state index in [0.717, 1.165) is 42.6 Å². The van der Waals surface area contributed by atoms with E-state index in [1.807, 2.05) is 18.2 Å². The molecule has 2 N–H and O–H groups in total. The number of hydrogen-bond acceptors (Lipinski definition) is 3. The van der Waals surface area contributed by atoms with E-state index in [1.165, 1.54) is 17.4 Å². The molecule has 0 fully saturated rings. The van der Waals surface area contributed by atoms with Crippen LogP contribution in [0, 0.1) is 5.41 Å². The summed E-state index contributed by atoms with van der Waals surface area (Å²) in [6.07, 6.45) is 6.95. The molecule has 1 amide bonds. The molecule has 0 saturated carbocycles. The largest absolute Gasteiger partial charge is 0.459 e. The van der Waals surface area contributed by atoms with E-state index < -0.39 is 0 Å². The van der Waals surface area contributed by atoms with Crippen LogP contribution in [0.15, 0.2) is 53.3 Å². The van der Waals surface area contributed by atoms with Crippen molar-refractivity contribution in [3.8, 4) is 0 Å². The highest BCUT2D eigenvalue weighted by molar-refractivity contribution is 6.04. The van der Waals surface area contributed by atoms with E-state index >= 15 is 0 Å². The van der Waals surface area contributed by atoms with Gasteiger partial charge < -0.3 is 14.7 Å². The van der Waals surface area contributed by atoms with Gasteiger partial charge in [-0.3, -0.25) is 9.69 Å². The van der Waals surface area contributed by atoms with E-state index in [2.05, 4.69) is 48.2 Å². The van der Waals surface area contributed by atoms with Crippen LogP contribution in [0.3, 0.4) is 0 Å². The molecule has 2 aromatic heterocycles. The van der Waals surface area contributed by atoms with Crippen molar-refractivity contribution in [3.63, 3.8) is 0 Å². The third-order valence-corrected chi connectivity index (χ3v) is 5.02. The van der Waals surface area contributed by atoms with Crippen LogP contribution in [0.1, 0.15) is 43.3 Å². The summed E-state index contributed by atoms with van der Waals surface area (Å²) in [4.78, 5) is 18.1. The van der Waals surface area contributed by atoms with E-state index in [9.17, 15) is 4.79 Å². The summed E-state index contributed by atoms with van der Waals surface area (Å²) in [5.41, 5.74) is 4.74. The topological polar surface area (TPSA) is 61.3 Å². The van der Waals surface area contributed by atoms with Gasteiger partial charge in [0, 0.05) is 48.0 Å². The second-order valence-corrected chi connectivity index (χ2v) is 8.67. The number of fused-ring (bicyclic) bond motifs is 1. The van der Waals surface area contributed by atoms with Crippen molar-refractivity contribution in [2.75, 3.05) is 25.0 Å². The predicted octanol–water partition coefficient (Wildman–Crippen LogP) is 5.15. The van der Waals surface area contributed by atoms with Gasteiger partial charge in [0.2, 0.25) is 0 Å². The summed E-state index contributed by atoms with van der Waals surface area (Å²) in [6, 6.07) is 9.31. The van der Waals surface area contributed by atoms with Gasteiger partial charge in [-0.1, -0.05) is 26.8 Å². The number of benzene rings is 1. The fraction of sp³-hybridized carbons (Fsp3) is 0.348. The van der Waals surface area contributed by atoms with Crippen molar-refractivity contribution < 1.29 is 9.21 Å². The van der Waals surface area contributed by atoms with E-state index in [0.29, 0.717) is 11.2 Å². The first-order valence-electron chi connectivity index (χ1n) is 9.77. The van der Waals surface area contributed by atoms with Gasteiger partial charge in [0.1, 0.15) is 0 Å². The van der Waals surface area contributed by atoms with Gasteiger partial charge in [-0.15, -0.1) is 0 Å². The Kier molecular flexibility index (Phi) is 4.85. The molecule has 0 bridgehead atoms. The zero-order valence-corrected chi connectivity index (χ0v) is 16.7. The molecule has 5 heteroatoms.